The number of hydrogen-bond acceptors (Lipinski definition) is 3. The maximum absolute atomic E-state index is 12.4. The number of nitrogens with zero attached hydrogens (tertiary/aromatic N) is 1. The van der Waals surface area contributed by atoms with E-state index in [4.69, 9.17) is 4.74 Å². The van der Waals surface area contributed by atoms with Crippen LogP contribution in [0.4, 0.5) is 10.5 Å². The molecule has 0 aliphatic carbocycles. The number of hydrogen-bond donors (Lipinski definition) is 2. The lowest BCUT2D eigenvalue weighted by atomic mass is 10.1. The molecule has 2 aromatic rings. The van der Waals surface area contributed by atoms with Crippen LogP contribution in [-0.2, 0) is 4.74 Å². The SMILES string of the molecule is Cc1cccc2c(=O)c(NC(=O)N3CCOCC3)c[nH]c12. The highest BCUT2D eigenvalue weighted by Gasteiger charge is 2.18. The van der Waals surface area contributed by atoms with E-state index in [2.05, 4.69) is 10.3 Å². The fourth-order valence-electron chi connectivity index (χ4n) is 2.46. The summed E-state index contributed by atoms with van der Waals surface area (Å²) >= 11 is 0. The zero-order valence-electron chi connectivity index (χ0n) is 11.8. The molecule has 21 heavy (non-hydrogen) atoms. The van der Waals surface area contributed by atoms with Gasteiger partial charge in [0.1, 0.15) is 5.69 Å². The average Bonchev–Trinajstić information content (AvgIpc) is 2.51. The number of benzene rings is 1. The number of anilines is 1. The van der Waals surface area contributed by atoms with Crippen molar-refractivity contribution in [1.29, 1.82) is 0 Å². The van der Waals surface area contributed by atoms with Gasteiger partial charge in [-0.2, -0.15) is 0 Å². The molecule has 6 nitrogen and oxygen atoms in total. The Hall–Kier alpha value is -2.34. The maximum atomic E-state index is 12.4. The molecular weight excluding hydrogens is 270 g/mol. The molecule has 2 heterocycles. The van der Waals surface area contributed by atoms with Crippen molar-refractivity contribution in [2.45, 2.75) is 6.92 Å². The van der Waals surface area contributed by atoms with Gasteiger partial charge in [-0.15, -0.1) is 0 Å². The third-order valence-corrected chi connectivity index (χ3v) is 3.66. The average molecular weight is 287 g/mol. The van der Waals surface area contributed by atoms with Crippen LogP contribution in [0, 0.1) is 6.92 Å². The van der Waals surface area contributed by atoms with Crippen LogP contribution in [0.25, 0.3) is 10.9 Å². The molecule has 1 fully saturated rings. The second-order valence-corrected chi connectivity index (χ2v) is 5.06. The molecule has 6 heteroatoms. The van der Waals surface area contributed by atoms with Gasteiger partial charge in [0.15, 0.2) is 0 Å². The number of H-pyrrole nitrogens is 1. The highest BCUT2D eigenvalue weighted by atomic mass is 16.5. The molecule has 1 aliphatic rings. The van der Waals surface area contributed by atoms with Gasteiger partial charge >= 0.3 is 6.03 Å². The summed E-state index contributed by atoms with van der Waals surface area (Å²) < 4.78 is 5.21. The Kier molecular flexibility index (Phi) is 3.62. The van der Waals surface area contributed by atoms with Gasteiger partial charge in [-0.1, -0.05) is 12.1 Å². The Labute approximate surface area is 121 Å². The van der Waals surface area contributed by atoms with E-state index in [1.54, 1.807) is 17.2 Å². The summed E-state index contributed by atoms with van der Waals surface area (Å²) in [6.07, 6.45) is 1.55. The first kappa shape index (κ1) is 13.6. The minimum Gasteiger partial charge on any atom is -0.378 e. The summed E-state index contributed by atoms with van der Waals surface area (Å²) in [5.74, 6) is 0. The summed E-state index contributed by atoms with van der Waals surface area (Å²) in [6.45, 7) is 4.07. The van der Waals surface area contributed by atoms with Crippen LogP contribution in [0.15, 0.2) is 29.2 Å². The fourth-order valence-corrected chi connectivity index (χ4v) is 2.46. The molecule has 0 bridgehead atoms. The van der Waals surface area contributed by atoms with E-state index in [1.807, 2.05) is 19.1 Å². The first-order valence-electron chi connectivity index (χ1n) is 6.91. The molecule has 0 saturated carbocycles. The van der Waals surface area contributed by atoms with Gasteiger partial charge in [0.25, 0.3) is 0 Å². The number of carbonyl (C=O) groups excluding carboxylic acids is 1. The Morgan fingerprint density at radius 1 is 1.33 bits per heavy atom. The number of urea groups is 1. The monoisotopic (exact) mass is 287 g/mol. The molecule has 1 aromatic carbocycles. The number of nitrogens with one attached hydrogen (secondary N) is 2. The van der Waals surface area contributed by atoms with Crippen LogP contribution in [0.3, 0.4) is 0 Å². The first-order chi connectivity index (χ1) is 10.2. The number of amides is 2. The summed E-state index contributed by atoms with van der Waals surface area (Å²) in [5, 5.41) is 3.26. The topological polar surface area (TPSA) is 74.4 Å². The van der Waals surface area contributed by atoms with Crippen molar-refractivity contribution in [3.63, 3.8) is 0 Å². The molecule has 2 amide bonds. The second-order valence-electron chi connectivity index (χ2n) is 5.06. The molecule has 0 spiro atoms. The van der Waals surface area contributed by atoms with E-state index in [0.29, 0.717) is 31.7 Å². The summed E-state index contributed by atoms with van der Waals surface area (Å²) in [5.41, 5.74) is 1.89. The summed E-state index contributed by atoms with van der Waals surface area (Å²) in [6, 6.07) is 5.26. The third kappa shape index (κ3) is 2.62. The van der Waals surface area contributed by atoms with Crippen LogP contribution in [-0.4, -0.2) is 42.2 Å². The van der Waals surface area contributed by atoms with Crippen LogP contribution in [0.2, 0.25) is 0 Å². The molecule has 0 radical (unpaired) electrons. The van der Waals surface area contributed by atoms with Crippen molar-refractivity contribution in [3.05, 3.63) is 40.2 Å². The number of carbonyl (C=O) groups is 1. The predicted molar refractivity (Wildman–Crippen MR) is 80.7 cm³/mol. The van der Waals surface area contributed by atoms with Gasteiger partial charge in [0.2, 0.25) is 5.43 Å². The number of rotatable bonds is 1. The van der Waals surface area contributed by atoms with Gasteiger partial charge in [0.05, 0.1) is 18.7 Å². The van der Waals surface area contributed by atoms with Crippen molar-refractivity contribution >= 4 is 22.6 Å². The molecular formula is C15H17N3O3. The number of aromatic amines is 1. The molecule has 0 atom stereocenters. The van der Waals surface area contributed by atoms with Gasteiger partial charge in [0, 0.05) is 24.7 Å². The number of para-hydroxylation sites is 1. The van der Waals surface area contributed by atoms with Crippen LogP contribution in [0.1, 0.15) is 5.56 Å². The minimum atomic E-state index is -0.268. The highest BCUT2D eigenvalue weighted by Crippen LogP contribution is 2.14. The molecule has 0 unspecified atom stereocenters. The van der Waals surface area contributed by atoms with Gasteiger partial charge in [-0.3, -0.25) is 4.79 Å². The van der Waals surface area contributed by atoms with Crippen molar-refractivity contribution in [2.24, 2.45) is 0 Å². The van der Waals surface area contributed by atoms with Gasteiger partial charge in [-0.05, 0) is 18.6 Å². The maximum Gasteiger partial charge on any atom is 0.322 e. The third-order valence-electron chi connectivity index (χ3n) is 3.66. The zero-order chi connectivity index (χ0) is 14.8. The van der Waals surface area contributed by atoms with E-state index >= 15 is 0 Å². The Morgan fingerprint density at radius 2 is 2.10 bits per heavy atom. The number of aryl methyl sites for hydroxylation is 1. The fraction of sp³-hybridized carbons (Fsp3) is 0.333. The lowest BCUT2D eigenvalue weighted by molar-refractivity contribution is 0.0564. The van der Waals surface area contributed by atoms with E-state index in [0.717, 1.165) is 11.1 Å². The lowest BCUT2D eigenvalue weighted by Gasteiger charge is -2.26. The Balaban J connectivity index is 1.89. The number of morpholine rings is 1. The largest absolute Gasteiger partial charge is 0.378 e. The van der Waals surface area contributed by atoms with E-state index in [-0.39, 0.29) is 17.1 Å². The smallest absolute Gasteiger partial charge is 0.322 e. The first-order valence-corrected chi connectivity index (χ1v) is 6.91. The second kappa shape index (κ2) is 5.57. The van der Waals surface area contributed by atoms with Crippen LogP contribution >= 0.6 is 0 Å². The van der Waals surface area contributed by atoms with Gasteiger partial charge in [-0.25, -0.2) is 4.79 Å². The molecule has 1 aromatic heterocycles. The van der Waals surface area contributed by atoms with Crippen LogP contribution in [0.5, 0.6) is 0 Å². The normalized spacial score (nSPS) is 15.2. The zero-order valence-corrected chi connectivity index (χ0v) is 11.8. The van der Waals surface area contributed by atoms with Crippen molar-refractivity contribution < 1.29 is 9.53 Å². The number of fused-ring (bicyclic) bond motifs is 1. The number of pyridine rings is 1. The molecule has 3 rings (SSSR count). The van der Waals surface area contributed by atoms with Crippen molar-refractivity contribution in [3.8, 4) is 0 Å². The number of aromatic nitrogens is 1. The predicted octanol–water partition coefficient (Wildman–Crippen LogP) is 1.70. The van der Waals surface area contributed by atoms with Crippen LogP contribution < -0.4 is 10.7 Å². The molecule has 1 saturated heterocycles. The van der Waals surface area contributed by atoms with E-state index in [1.165, 1.54) is 0 Å². The molecule has 2 N–H and O–H groups in total. The Morgan fingerprint density at radius 3 is 2.86 bits per heavy atom. The number of ether oxygens (including phenoxy) is 1. The van der Waals surface area contributed by atoms with E-state index < -0.39 is 0 Å². The minimum absolute atomic E-state index is 0.172. The molecule has 110 valence electrons. The van der Waals surface area contributed by atoms with E-state index in [9.17, 15) is 9.59 Å². The van der Waals surface area contributed by atoms with Crippen molar-refractivity contribution in [2.75, 3.05) is 31.6 Å². The lowest BCUT2D eigenvalue weighted by Crippen LogP contribution is -2.43. The van der Waals surface area contributed by atoms with Gasteiger partial charge < -0.3 is 19.9 Å². The Bertz CT molecular complexity index is 733. The highest BCUT2D eigenvalue weighted by molar-refractivity contribution is 5.92. The summed E-state index contributed by atoms with van der Waals surface area (Å²) in [4.78, 5) is 29.3. The van der Waals surface area contributed by atoms with Crippen molar-refractivity contribution in [1.82, 2.24) is 9.88 Å². The standard InChI is InChI=1S/C15H17N3O3/c1-10-3-2-4-11-13(10)16-9-12(14(11)19)17-15(20)18-5-7-21-8-6-18/h2-4,9H,5-8H2,1H3,(H,16,19)(H,17,20). The molecule has 1 aliphatic heterocycles. The quantitative estimate of drug-likeness (QED) is 0.838. The summed E-state index contributed by atoms with van der Waals surface area (Å²) in [7, 11) is 0.